The van der Waals surface area contributed by atoms with Gasteiger partial charge in [0.2, 0.25) is 8.32 Å². The van der Waals surface area contributed by atoms with Crippen LogP contribution >= 0.6 is 0 Å². The summed E-state index contributed by atoms with van der Waals surface area (Å²) in [7, 11) is -2.38. The van der Waals surface area contributed by atoms with Gasteiger partial charge in [-0.3, -0.25) is 0 Å². The van der Waals surface area contributed by atoms with E-state index < -0.39 is 8.32 Å². The first kappa shape index (κ1) is 14.7. The van der Waals surface area contributed by atoms with E-state index in [9.17, 15) is 4.80 Å². The van der Waals surface area contributed by atoms with E-state index in [1.54, 1.807) is 6.33 Å². The summed E-state index contributed by atoms with van der Waals surface area (Å²) in [6.45, 7) is 2.73. The smallest absolute Gasteiger partial charge is 0.217 e. The minimum atomic E-state index is -2.38. The third kappa shape index (κ3) is 2.86. The molecule has 114 valence electrons. The van der Waals surface area contributed by atoms with E-state index in [1.165, 1.54) is 6.33 Å². The van der Waals surface area contributed by atoms with E-state index in [0.29, 0.717) is 11.3 Å². The maximum Gasteiger partial charge on any atom is 0.217 e. The molecule has 1 aromatic carbocycles. The van der Waals surface area contributed by atoms with Crippen LogP contribution in [0.2, 0.25) is 12.6 Å². The second-order valence-corrected chi connectivity index (χ2v) is 9.24. The molecule has 2 heterocycles. The lowest BCUT2D eigenvalue weighted by atomic mass is 10.4. The van der Waals surface area contributed by atoms with Crippen molar-refractivity contribution >= 4 is 30.5 Å². The van der Waals surface area contributed by atoms with Gasteiger partial charge in [-0.2, -0.15) is 0 Å². The SMILES string of the molecule is C[Si](O)(CCCn1cnc2c(N)ncnc21)c1ccccc1. The van der Waals surface area contributed by atoms with Gasteiger partial charge < -0.3 is 15.1 Å². The molecule has 0 saturated carbocycles. The Balaban J connectivity index is 1.69. The highest BCUT2D eigenvalue weighted by molar-refractivity contribution is 6.84. The summed E-state index contributed by atoms with van der Waals surface area (Å²) >= 11 is 0. The van der Waals surface area contributed by atoms with Crippen molar-refractivity contribution < 1.29 is 4.80 Å². The fourth-order valence-corrected chi connectivity index (χ4v) is 4.64. The zero-order valence-electron chi connectivity index (χ0n) is 12.5. The normalized spacial score (nSPS) is 14.1. The molecule has 0 saturated heterocycles. The number of nitrogens with two attached hydrogens (primary N) is 1. The van der Waals surface area contributed by atoms with Crippen molar-refractivity contribution in [1.29, 1.82) is 0 Å². The largest absolute Gasteiger partial charge is 0.428 e. The van der Waals surface area contributed by atoms with E-state index in [0.717, 1.165) is 29.8 Å². The van der Waals surface area contributed by atoms with Gasteiger partial charge in [-0.25, -0.2) is 15.0 Å². The lowest BCUT2D eigenvalue weighted by Gasteiger charge is -2.20. The lowest BCUT2D eigenvalue weighted by molar-refractivity contribution is 0.544. The van der Waals surface area contributed by atoms with E-state index >= 15 is 0 Å². The van der Waals surface area contributed by atoms with Crippen LogP contribution in [0.15, 0.2) is 43.0 Å². The van der Waals surface area contributed by atoms with Gasteiger partial charge in [0.25, 0.3) is 0 Å². The van der Waals surface area contributed by atoms with Gasteiger partial charge >= 0.3 is 0 Å². The maximum absolute atomic E-state index is 10.7. The van der Waals surface area contributed by atoms with Crippen molar-refractivity contribution in [2.45, 2.75) is 25.6 Å². The number of hydrogen-bond acceptors (Lipinski definition) is 5. The molecule has 2 aromatic heterocycles. The maximum atomic E-state index is 10.7. The second kappa shape index (κ2) is 5.86. The van der Waals surface area contributed by atoms with Crippen molar-refractivity contribution in [1.82, 2.24) is 19.5 Å². The van der Waals surface area contributed by atoms with Crippen LogP contribution in [0.3, 0.4) is 0 Å². The Morgan fingerprint density at radius 2 is 1.95 bits per heavy atom. The van der Waals surface area contributed by atoms with Gasteiger partial charge in [0.1, 0.15) is 11.8 Å². The van der Waals surface area contributed by atoms with Gasteiger partial charge in [0.15, 0.2) is 11.5 Å². The summed E-state index contributed by atoms with van der Waals surface area (Å²) in [4.78, 5) is 23.2. The number of rotatable bonds is 5. The first-order chi connectivity index (χ1) is 10.6. The Bertz CT molecular complexity index is 772. The van der Waals surface area contributed by atoms with Crippen LogP contribution in [-0.2, 0) is 6.54 Å². The molecule has 0 aliphatic rings. The summed E-state index contributed by atoms with van der Waals surface area (Å²) in [6.07, 6.45) is 4.04. The van der Waals surface area contributed by atoms with Crippen LogP contribution in [0.25, 0.3) is 11.2 Å². The van der Waals surface area contributed by atoms with Crippen molar-refractivity contribution in [3.8, 4) is 0 Å². The van der Waals surface area contributed by atoms with Crippen molar-refractivity contribution in [3.63, 3.8) is 0 Å². The highest BCUT2D eigenvalue weighted by Gasteiger charge is 2.26. The Morgan fingerprint density at radius 1 is 1.18 bits per heavy atom. The second-order valence-electron chi connectivity index (χ2n) is 5.61. The van der Waals surface area contributed by atoms with Crippen molar-refractivity contribution in [3.05, 3.63) is 43.0 Å². The number of hydrogen-bond donors (Lipinski definition) is 2. The van der Waals surface area contributed by atoms with E-state index in [2.05, 4.69) is 15.0 Å². The highest BCUT2D eigenvalue weighted by atomic mass is 28.4. The number of aryl methyl sites for hydroxylation is 1. The van der Waals surface area contributed by atoms with Crippen molar-refractivity contribution in [2.75, 3.05) is 5.73 Å². The number of aromatic nitrogens is 4. The summed E-state index contributed by atoms with van der Waals surface area (Å²) in [6, 6.07) is 10.7. The first-order valence-corrected chi connectivity index (χ1v) is 9.92. The van der Waals surface area contributed by atoms with Crippen LogP contribution < -0.4 is 10.9 Å². The standard InChI is InChI=1S/C15H19N5OSi/c1-22(21,12-6-3-2-4-7-12)9-5-8-20-11-19-13-14(16)17-10-18-15(13)20/h2-4,6-7,10-11,21H,5,8-9H2,1H3,(H2,16,17,18). The third-order valence-electron chi connectivity index (χ3n) is 3.89. The Kier molecular flexibility index (Phi) is 3.91. The lowest BCUT2D eigenvalue weighted by Crippen LogP contribution is -2.44. The Morgan fingerprint density at radius 3 is 2.73 bits per heavy atom. The van der Waals surface area contributed by atoms with Gasteiger partial charge in [0.05, 0.1) is 6.33 Å². The van der Waals surface area contributed by atoms with Crippen LogP contribution in [0.1, 0.15) is 6.42 Å². The zero-order chi connectivity index (χ0) is 15.6. The number of imidazole rings is 1. The number of benzene rings is 1. The molecule has 0 radical (unpaired) electrons. The predicted octanol–water partition coefficient (Wildman–Crippen LogP) is 1.27. The molecular weight excluding hydrogens is 294 g/mol. The molecule has 0 fully saturated rings. The molecule has 6 nitrogen and oxygen atoms in total. The van der Waals surface area contributed by atoms with Crippen LogP contribution in [-0.4, -0.2) is 32.6 Å². The average molecular weight is 313 g/mol. The van der Waals surface area contributed by atoms with Crippen molar-refractivity contribution in [2.24, 2.45) is 0 Å². The molecule has 1 unspecified atom stereocenters. The van der Waals surface area contributed by atoms with E-state index in [-0.39, 0.29) is 0 Å². The quantitative estimate of drug-likeness (QED) is 0.692. The van der Waals surface area contributed by atoms with Crippen LogP contribution in [0, 0.1) is 0 Å². The molecule has 0 aliphatic heterocycles. The highest BCUT2D eigenvalue weighted by Crippen LogP contribution is 2.16. The zero-order valence-corrected chi connectivity index (χ0v) is 13.5. The third-order valence-corrected chi connectivity index (χ3v) is 6.79. The number of fused-ring (bicyclic) bond motifs is 1. The summed E-state index contributed by atoms with van der Waals surface area (Å²) in [5.74, 6) is 0.398. The average Bonchev–Trinajstić information content (AvgIpc) is 2.93. The number of nitrogens with zero attached hydrogens (tertiary/aromatic N) is 4. The minimum Gasteiger partial charge on any atom is -0.428 e. The van der Waals surface area contributed by atoms with Crippen LogP contribution in [0.4, 0.5) is 5.82 Å². The molecule has 3 aromatic rings. The predicted molar refractivity (Wildman–Crippen MR) is 89.1 cm³/mol. The molecule has 0 bridgehead atoms. The van der Waals surface area contributed by atoms with Gasteiger partial charge in [-0.05, 0) is 24.2 Å². The summed E-state index contributed by atoms with van der Waals surface area (Å²) in [5.41, 5.74) is 7.16. The molecule has 1 atom stereocenters. The molecule has 0 aliphatic carbocycles. The van der Waals surface area contributed by atoms with Gasteiger partial charge in [-0.1, -0.05) is 30.3 Å². The Labute approximate surface area is 129 Å². The summed E-state index contributed by atoms with van der Waals surface area (Å²) in [5, 5.41) is 1.07. The number of nitrogen functional groups attached to an aromatic ring is 1. The fraction of sp³-hybridized carbons (Fsp3) is 0.267. The van der Waals surface area contributed by atoms with Crippen LogP contribution in [0.5, 0.6) is 0 Å². The van der Waals surface area contributed by atoms with Gasteiger partial charge in [-0.15, -0.1) is 0 Å². The molecule has 22 heavy (non-hydrogen) atoms. The molecule has 3 rings (SSSR count). The fourth-order valence-electron chi connectivity index (χ4n) is 2.60. The molecule has 0 amide bonds. The Hall–Kier alpha value is -2.25. The molecule has 0 spiro atoms. The molecule has 3 N–H and O–H groups in total. The first-order valence-electron chi connectivity index (χ1n) is 7.27. The monoisotopic (exact) mass is 313 g/mol. The molecular formula is C15H19N5OSi. The topological polar surface area (TPSA) is 89.8 Å². The van der Waals surface area contributed by atoms with Gasteiger partial charge in [0, 0.05) is 6.54 Å². The minimum absolute atomic E-state index is 0.398. The van der Waals surface area contributed by atoms with E-state index in [1.807, 2.05) is 41.4 Å². The molecule has 7 heteroatoms. The number of anilines is 1. The van der Waals surface area contributed by atoms with E-state index in [4.69, 9.17) is 5.73 Å². The summed E-state index contributed by atoms with van der Waals surface area (Å²) < 4.78 is 1.96.